The summed E-state index contributed by atoms with van der Waals surface area (Å²) >= 11 is 0. The fourth-order valence-corrected chi connectivity index (χ4v) is 2.76. The molecule has 138 valence electrons. The molecule has 6 heteroatoms. The molecule has 0 aliphatic heterocycles. The minimum Gasteiger partial charge on any atom is -0.366 e. The highest BCUT2D eigenvalue weighted by molar-refractivity contribution is 6.04. The molecule has 0 atom stereocenters. The van der Waals surface area contributed by atoms with Gasteiger partial charge in [0.25, 0.3) is 5.91 Å². The summed E-state index contributed by atoms with van der Waals surface area (Å²) in [6.45, 7) is 6.10. The summed E-state index contributed by atoms with van der Waals surface area (Å²) < 4.78 is 13.0. The summed E-state index contributed by atoms with van der Waals surface area (Å²) in [5.74, 6) is 0.467. The highest BCUT2D eigenvalue weighted by Gasteiger charge is 2.13. The zero-order chi connectivity index (χ0) is 19.4. The van der Waals surface area contributed by atoms with Crippen LogP contribution in [0.15, 0.2) is 48.5 Å². The monoisotopic (exact) mass is 364 g/mol. The van der Waals surface area contributed by atoms with Gasteiger partial charge < -0.3 is 10.6 Å². The average molecular weight is 364 g/mol. The normalized spacial score (nSPS) is 10.5. The van der Waals surface area contributed by atoms with Gasteiger partial charge in [-0.25, -0.2) is 14.4 Å². The molecule has 2 aromatic carbocycles. The molecule has 0 aliphatic carbocycles. The van der Waals surface area contributed by atoms with Crippen LogP contribution in [0.5, 0.6) is 0 Å². The zero-order valence-corrected chi connectivity index (χ0v) is 15.5. The van der Waals surface area contributed by atoms with Crippen molar-refractivity contribution in [2.75, 3.05) is 10.6 Å². The van der Waals surface area contributed by atoms with E-state index in [2.05, 4.69) is 20.6 Å². The molecule has 1 heterocycles. The molecule has 5 nitrogen and oxygen atoms in total. The largest absolute Gasteiger partial charge is 0.366 e. The van der Waals surface area contributed by atoms with Crippen LogP contribution in [0.25, 0.3) is 0 Å². The molecule has 0 fully saturated rings. The van der Waals surface area contributed by atoms with Crippen LogP contribution in [0.2, 0.25) is 0 Å². The molecule has 0 radical (unpaired) electrons. The fraction of sp³-hybridized carbons (Fsp3) is 0.190. The van der Waals surface area contributed by atoms with Crippen molar-refractivity contribution >= 4 is 17.4 Å². The van der Waals surface area contributed by atoms with Crippen LogP contribution in [0.4, 0.5) is 15.9 Å². The standard InChI is InChI=1S/C21H21FN4O/c1-13-5-4-6-14(2)20(13)26-21(27)18-11-19(25-15(3)24-18)23-12-16-7-9-17(22)10-8-16/h4-11H,12H2,1-3H3,(H,26,27)(H,23,24,25). The number of aromatic nitrogens is 2. The van der Waals surface area contributed by atoms with Gasteiger partial charge in [-0.1, -0.05) is 30.3 Å². The Morgan fingerprint density at radius 1 is 1.00 bits per heavy atom. The second kappa shape index (κ2) is 7.95. The molecular formula is C21H21FN4O. The van der Waals surface area contributed by atoms with Crippen LogP contribution >= 0.6 is 0 Å². The number of amides is 1. The minimum absolute atomic E-state index is 0.276. The first-order chi connectivity index (χ1) is 12.9. The molecule has 27 heavy (non-hydrogen) atoms. The maximum atomic E-state index is 13.0. The van der Waals surface area contributed by atoms with Gasteiger partial charge in [0.15, 0.2) is 0 Å². The van der Waals surface area contributed by atoms with Crippen molar-refractivity contribution in [3.63, 3.8) is 0 Å². The van der Waals surface area contributed by atoms with Gasteiger partial charge in [-0.2, -0.15) is 0 Å². The molecule has 0 spiro atoms. The number of hydrogen-bond donors (Lipinski definition) is 2. The lowest BCUT2D eigenvalue weighted by atomic mass is 10.1. The molecule has 3 aromatic rings. The molecular weight excluding hydrogens is 343 g/mol. The summed E-state index contributed by atoms with van der Waals surface area (Å²) in [6.07, 6.45) is 0. The molecule has 0 bridgehead atoms. The van der Waals surface area contributed by atoms with E-state index >= 15 is 0 Å². The number of anilines is 2. The number of carbonyl (C=O) groups excluding carboxylic acids is 1. The first-order valence-corrected chi connectivity index (χ1v) is 8.64. The highest BCUT2D eigenvalue weighted by atomic mass is 19.1. The van der Waals surface area contributed by atoms with Gasteiger partial charge in [0, 0.05) is 18.3 Å². The van der Waals surface area contributed by atoms with Crippen molar-refractivity contribution in [3.05, 3.63) is 82.6 Å². The van der Waals surface area contributed by atoms with Gasteiger partial charge in [0.05, 0.1) is 0 Å². The number of nitrogens with one attached hydrogen (secondary N) is 2. The number of nitrogens with zero attached hydrogens (tertiary/aromatic N) is 2. The van der Waals surface area contributed by atoms with Crippen LogP contribution in [0, 0.1) is 26.6 Å². The summed E-state index contributed by atoms with van der Waals surface area (Å²) in [7, 11) is 0. The molecule has 0 saturated carbocycles. The van der Waals surface area contributed by atoms with Crippen LogP contribution in [-0.4, -0.2) is 15.9 Å². The van der Waals surface area contributed by atoms with Crippen molar-refractivity contribution in [2.45, 2.75) is 27.3 Å². The van der Waals surface area contributed by atoms with Crippen molar-refractivity contribution in [3.8, 4) is 0 Å². The predicted octanol–water partition coefficient (Wildman–Crippen LogP) is 4.41. The van der Waals surface area contributed by atoms with E-state index in [-0.39, 0.29) is 17.4 Å². The Bertz CT molecular complexity index is 950. The summed E-state index contributed by atoms with van der Waals surface area (Å²) in [5, 5.41) is 6.08. The van der Waals surface area contributed by atoms with Gasteiger partial charge in [0.1, 0.15) is 23.2 Å². The van der Waals surface area contributed by atoms with Gasteiger partial charge in [0.2, 0.25) is 0 Å². The van der Waals surface area contributed by atoms with Gasteiger partial charge in [-0.05, 0) is 49.6 Å². The van der Waals surface area contributed by atoms with Gasteiger partial charge >= 0.3 is 0 Å². The Morgan fingerprint density at radius 2 is 1.67 bits per heavy atom. The Balaban J connectivity index is 1.76. The van der Waals surface area contributed by atoms with E-state index in [1.54, 1.807) is 25.1 Å². The second-order valence-electron chi connectivity index (χ2n) is 6.39. The third-order valence-corrected chi connectivity index (χ3v) is 4.18. The maximum absolute atomic E-state index is 13.0. The van der Waals surface area contributed by atoms with E-state index in [9.17, 15) is 9.18 Å². The van der Waals surface area contributed by atoms with E-state index < -0.39 is 0 Å². The summed E-state index contributed by atoms with van der Waals surface area (Å²) in [5.41, 5.74) is 3.97. The van der Waals surface area contributed by atoms with Crippen molar-refractivity contribution < 1.29 is 9.18 Å². The smallest absolute Gasteiger partial charge is 0.274 e. The summed E-state index contributed by atoms with van der Waals surface area (Å²) in [6, 6.07) is 13.7. The van der Waals surface area contributed by atoms with E-state index in [4.69, 9.17) is 0 Å². The highest BCUT2D eigenvalue weighted by Crippen LogP contribution is 2.20. The fourth-order valence-electron chi connectivity index (χ4n) is 2.76. The molecule has 0 aliphatic rings. The zero-order valence-electron chi connectivity index (χ0n) is 15.5. The number of rotatable bonds is 5. The molecule has 0 unspecified atom stereocenters. The lowest BCUT2D eigenvalue weighted by Gasteiger charge is -2.12. The van der Waals surface area contributed by atoms with E-state index in [0.717, 1.165) is 22.4 Å². The SMILES string of the molecule is Cc1nc(NCc2ccc(F)cc2)cc(C(=O)Nc2c(C)cccc2C)n1. The first-order valence-electron chi connectivity index (χ1n) is 8.64. The molecule has 0 saturated heterocycles. The molecule has 3 rings (SSSR count). The Morgan fingerprint density at radius 3 is 2.33 bits per heavy atom. The van der Waals surface area contributed by atoms with Crippen molar-refractivity contribution in [1.29, 1.82) is 0 Å². The third kappa shape index (κ3) is 4.67. The predicted molar refractivity (Wildman–Crippen MR) is 104 cm³/mol. The first kappa shape index (κ1) is 18.5. The van der Waals surface area contributed by atoms with Crippen LogP contribution in [0.3, 0.4) is 0 Å². The van der Waals surface area contributed by atoms with E-state index in [1.165, 1.54) is 12.1 Å². The number of para-hydroxylation sites is 1. The van der Waals surface area contributed by atoms with E-state index in [1.807, 2.05) is 32.0 Å². The number of aryl methyl sites for hydroxylation is 3. The Kier molecular flexibility index (Phi) is 5.45. The second-order valence-corrected chi connectivity index (χ2v) is 6.39. The maximum Gasteiger partial charge on any atom is 0.274 e. The van der Waals surface area contributed by atoms with Crippen LogP contribution in [-0.2, 0) is 6.54 Å². The molecule has 2 N–H and O–H groups in total. The third-order valence-electron chi connectivity index (χ3n) is 4.18. The molecule has 1 aromatic heterocycles. The topological polar surface area (TPSA) is 66.9 Å². The lowest BCUT2D eigenvalue weighted by Crippen LogP contribution is -2.17. The van der Waals surface area contributed by atoms with Crippen molar-refractivity contribution in [1.82, 2.24) is 9.97 Å². The van der Waals surface area contributed by atoms with Crippen molar-refractivity contribution in [2.24, 2.45) is 0 Å². The molecule has 1 amide bonds. The Hall–Kier alpha value is -3.28. The van der Waals surface area contributed by atoms with Gasteiger partial charge in [-0.3, -0.25) is 4.79 Å². The summed E-state index contributed by atoms with van der Waals surface area (Å²) in [4.78, 5) is 21.2. The van der Waals surface area contributed by atoms with Crippen LogP contribution < -0.4 is 10.6 Å². The Labute approximate surface area is 157 Å². The average Bonchev–Trinajstić information content (AvgIpc) is 2.64. The van der Waals surface area contributed by atoms with Gasteiger partial charge in [-0.15, -0.1) is 0 Å². The minimum atomic E-state index is -0.289. The lowest BCUT2D eigenvalue weighted by molar-refractivity contribution is 0.102. The van der Waals surface area contributed by atoms with Crippen LogP contribution in [0.1, 0.15) is 33.0 Å². The van der Waals surface area contributed by atoms with E-state index in [0.29, 0.717) is 18.2 Å². The number of benzene rings is 2. The quantitative estimate of drug-likeness (QED) is 0.704. The number of hydrogen-bond acceptors (Lipinski definition) is 4. The number of carbonyl (C=O) groups is 1. The number of halogens is 1.